The zero-order valence-electron chi connectivity index (χ0n) is 12.2. The Bertz CT molecular complexity index is 801. The molecule has 8 heteroatoms. The van der Waals surface area contributed by atoms with Crippen molar-refractivity contribution in [3.63, 3.8) is 0 Å². The molecule has 0 fully saturated rings. The number of benzene rings is 1. The SMILES string of the molecule is CN(Cc1ccon1)C(=O)Nc1cc(-c2cccc(Cl)c2)on1. The summed E-state index contributed by atoms with van der Waals surface area (Å²) in [6.45, 7) is 0.321. The molecule has 2 heterocycles. The van der Waals surface area contributed by atoms with Gasteiger partial charge in [0.1, 0.15) is 12.0 Å². The summed E-state index contributed by atoms with van der Waals surface area (Å²) in [6, 6.07) is 10.2. The number of aromatic nitrogens is 2. The van der Waals surface area contributed by atoms with E-state index in [4.69, 9.17) is 20.6 Å². The molecule has 0 radical (unpaired) electrons. The monoisotopic (exact) mass is 332 g/mol. The van der Waals surface area contributed by atoms with Crippen LogP contribution in [-0.4, -0.2) is 28.3 Å². The lowest BCUT2D eigenvalue weighted by Gasteiger charge is -2.14. The van der Waals surface area contributed by atoms with Gasteiger partial charge < -0.3 is 13.9 Å². The van der Waals surface area contributed by atoms with Gasteiger partial charge in [-0.05, 0) is 12.1 Å². The lowest BCUT2D eigenvalue weighted by atomic mass is 10.2. The summed E-state index contributed by atoms with van der Waals surface area (Å²) in [5.74, 6) is 0.832. The summed E-state index contributed by atoms with van der Waals surface area (Å²) in [6.07, 6.45) is 1.45. The number of carbonyl (C=O) groups excluding carboxylic acids is 1. The van der Waals surface area contributed by atoms with Gasteiger partial charge in [0.25, 0.3) is 0 Å². The maximum Gasteiger partial charge on any atom is 0.323 e. The summed E-state index contributed by atoms with van der Waals surface area (Å²) in [5.41, 5.74) is 1.43. The minimum absolute atomic E-state index is 0.317. The highest BCUT2D eigenvalue weighted by atomic mass is 35.5. The van der Waals surface area contributed by atoms with Crippen molar-refractivity contribution >= 4 is 23.4 Å². The highest BCUT2D eigenvalue weighted by molar-refractivity contribution is 6.30. The van der Waals surface area contributed by atoms with E-state index in [0.29, 0.717) is 28.8 Å². The Morgan fingerprint density at radius 3 is 2.91 bits per heavy atom. The molecule has 0 spiro atoms. The van der Waals surface area contributed by atoms with E-state index in [-0.39, 0.29) is 6.03 Å². The summed E-state index contributed by atoms with van der Waals surface area (Å²) < 4.78 is 9.95. The number of urea groups is 1. The quantitative estimate of drug-likeness (QED) is 0.788. The third-order valence-corrected chi connectivity index (χ3v) is 3.33. The normalized spacial score (nSPS) is 10.5. The van der Waals surface area contributed by atoms with Crippen molar-refractivity contribution in [1.29, 1.82) is 0 Å². The summed E-state index contributed by atoms with van der Waals surface area (Å²) in [7, 11) is 1.64. The van der Waals surface area contributed by atoms with E-state index < -0.39 is 0 Å². The van der Waals surface area contributed by atoms with Crippen LogP contribution in [0.5, 0.6) is 0 Å². The maximum absolute atomic E-state index is 12.1. The first kappa shape index (κ1) is 15.1. The molecular weight excluding hydrogens is 320 g/mol. The fourth-order valence-corrected chi connectivity index (χ4v) is 2.14. The number of anilines is 1. The van der Waals surface area contributed by atoms with Gasteiger partial charge >= 0.3 is 6.03 Å². The Balaban J connectivity index is 1.65. The lowest BCUT2D eigenvalue weighted by Crippen LogP contribution is -2.31. The van der Waals surface area contributed by atoms with Gasteiger partial charge in [-0.3, -0.25) is 5.32 Å². The molecule has 118 valence electrons. The van der Waals surface area contributed by atoms with Gasteiger partial charge in [-0.15, -0.1) is 0 Å². The number of amides is 2. The Hall–Kier alpha value is -2.80. The van der Waals surface area contributed by atoms with Crippen LogP contribution in [-0.2, 0) is 6.54 Å². The number of nitrogens with zero attached hydrogens (tertiary/aromatic N) is 3. The van der Waals surface area contributed by atoms with Crippen LogP contribution in [0.1, 0.15) is 5.69 Å². The number of hydrogen-bond acceptors (Lipinski definition) is 5. The largest absolute Gasteiger partial charge is 0.364 e. The van der Waals surface area contributed by atoms with Crippen LogP contribution < -0.4 is 5.32 Å². The minimum atomic E-state index is -0.334. The second-order valence-electron chi connectivity index (χ2n) is 4.86. The van der Waals surface area contributed by atoms with Crippen LogP contribution in [0.15, 0.2) is 51.7 Å². The molecule has 0 saturated carbocycles. The topological polar surface area (TPSA) is 84.4 Å². The Morgan fingerprint density at radius 2 is 2.17 bits per heavy atom. The molecule has 0 aliphatic carbocycles. The van der Waals surface area contributed by atoms with E-state index in [9.17, 15) is 4.79 Å². The third kappa shape index (κ3) is 3.70. The maximum atomic E-state index is 12.1. The van der Waals surface area contributed by atoms with Crippen LogP contribution >= 0.6 is 11.6 Å². The van der Waals surface area contributed by atoms with Gasteiger partial charge in [-0.2, -0.15) is 0 Å². The van der Waals surface area contributed by atoms with Crippen molar-refractivity contribution < 1.29 is 13.8 Å². The molecule has 23 heavy (non-hydrogen) atoms. The number of carbonyl (C=O) groups is 1. The molecule has 7 nitrogen and oxygen atoms in total. The third-order valence-electron chi connectivity index (χ3n) is 3.09. The van der Waals surface area contributed by atoms with Crippen molar-refractivity contribution in [1.82, 2.24) is 15.2 Å². The standard InChI is InChI=1S/C15H13ClN4O3/c1-20(9-12-5-6-22-18-12)15(21)17-14-8-13(23-19-14)10-3-2-4-11(16)7-10/h2-8H,9H2,1H3,(H,17,19,21). The molecule has 0 unspecified atom stereocenters. The van der Waals surface area contributed by atoms with Gasteiger partial charge in [-0.1, -0.05) is 34.0 Å². The smallest absolute Gasteiger partial charge is 0.323 e. The number of hydrogen-bond donors (Lipinski definition) is 1. The van der Waals surface area contributed by atoms with E-state index >= 15 is 0 Å². The molecule has 1 N–H and O–H groups in total. The van der Waals surface area contributed by atoms with Crippen LogP contribution in [0.2, 0.25) is 5.02 Å². The van der Waals surface area contributed by atoms with E-state index in [1.165, 1.54) is 11.2 Å². The molecule has 0 aliphatic heterocycles. The van der Waals surface area contributed by atoms with E-state index in [1.807, 2.05) is 12.1 Å². The van der Waals surface area contributed by atoms with Crippen LogP contribution in [0.4, 0.5) is 10.6 Å². The fourth-order valence-electron chi connectivity index (χ4n) is 1.95. The molecule has 0 bridgehead atoms. The molecule has 2 aromatic heterocycles. The van der Waals surface area contributed by atoms with Gasteiger partial charge in [-0.25, -0.2) is 4.79 Å². The first-order valence-corrected chi connectivity index (χ1v) is 7.13. The Morgan fingerprint density at radius 1 is 1.30 bits per heavy atom. The zero-order valence-corrected chi connectivity index (χ0v) is 12.9. The van der Waals surface area contributed by atoms with Crippen LogP contribution in [0.3, 0.4) is 0 Å². The minimum Gasteiger partial charge on any atom is -0.364 e. The summed E-state index contributed by atoms with van der Waals surface area (Å²) in [4.78, 5) is 13.5. The van der Waals surface area contributed by atoms with Gasteiger partial charge in [0, 0.05) is 29.8 Å². The molecule has 3 rings (SSSR count). The molecular formula is C15H13ClN4O3. The Labute approximate surface area is 136 Å². The van der Waals surface area contributed by atoms with Crippen molar-refractivity contribution in [2.75, 3.05) is 12.4 Å². The van der Waals surface area contributed by atoms with Crippen molar-refractivity contribution in [2.24, 2.45) is 0 Å². The number of rotatable bonds is 4. The fraction of sp³-hybridized carbons (Fsp3) is 0.133. The van der Waals surface area contributed by atoms with Crippen molar-refractivity contribution in [3.8, 4) is 11.3 Å². The molecule has 0 saturated heterocycles. The predicted molar refractivity (Wildman–Crippen MR) is 83.9 cm³/mol. The van der Waals surface area contributed by atoms with Crippen molar-refractivity contribution in [3.05, 3.63) is 53.4 Å². The highest BCUT2D eigenvalue weighted by Gasteiger charge is 2.14. The number of halogens is 1. The van der Waals surface area contributed by atoms with E-state index in [1.54, 1.807) is 31.3 Å². The Kier molecular flexibility index (Phi) is 4.29. The van der Waals surface area contributed by atoms with Gasteiger partial charge in [0.15, 0.2) is 11.6 Å². The molecule has 3 aromatic rings. The zero-order chi connectivity index (χ0) is 16.2. The predicted octanol–water partition coefficient (Wildman–Crippen LogP) is 3.65. The van der Waals surface area contributed by atoms with E-state index in [2.05, 4.69) is 15.6 Å². The highest BCUT2D eigenvalue weighted by Crippen LogP contribution is 2.25. The molecule has 0 aliphatic rings. The van der Waals surface area contributed by atoms with Gasteiger partial charge in [0.2, 0.25) is 0 Å². The molecule has 1 aromatic carbocycles. The summed E-state index contributed by atoms with van der Waals surface area (Å²) >= 11 is 5.94. The first-order chi connectivity index (χ1) is 11.1. The van der Waals surface area contributed by atoms with Crippen molar-refractivity contribution in [2.45, 2.75) is 6.54 Å². The number of nitrogens with one attached hydrogen (secondary N) is 1. The second-order valence-corrected chi connectivity index (χ2v) is 5.30. The first-order valence-electron chi connectivity index (χ1n) is 6.76. The molecule has 0 atom stereocenters. The van der Waals surface area contributed by atoms with Crippen LogP contribution in [0.25, 0.3) is 11.3 Å². The summed E-state index contributed by atoms with van der Waals surface area (Å²) in [5, 5.41) is 10.8. The van der Waals surface area contributed by atoms with Crippen LogP contribution in [0, 0.1) is 0 Å². The average Bonchev–Trinajstić information content (AvgIpc) is 3.19. The second kappa shape index (κ2) is 6.53. The average molecular weight is 333 g/mol. The lowest BCUT2D eigenvalue weighted by molar-refractivity contribution is 0.219. The van der Waals surface area contributed by atoms with Gasteiger partial charge in [0.05, 0.1) is 6.54 Å². The molecule has 2 amide bonds. The van der Waals surface area contributed by atoms with E-state index in [0.717, 1.165) is 5.56 Å².